The number of aromatic nitrogens is 2. The molecule has 7 nitrogen and oxygen atoms in total. The van der Waals surface area contributed by atoms with Crippen molar-refractivity contribution in [3.05, 3.63) is 41.9 Å². The van der Waals surface area contributed by atoms with E-state index < -0.39 is 16.0 Å². The van der Waals surface area contributed by atoms with E-state index in [2.05, 4.69) is 9.71 Å². The number of sulfonamides is 1. The van der Waals surface area contributed by atoms with Gasteiger partial charge in [-0.1, -0.05) is 6.07 Å². The molecular formula is C12H13N3O4S. The van der Waals surface area contributed by atoms with Crippen molar-refractivity contribution in [3.8, 4) is 0 Å². The number of nitrogens with one attached hydrogen (secondary N) is 1. The lowest BCUT2D eigenvalue weighted by Crippen LogP contribution is -2.13. The van der Waals surface area contributed by atoms with E-state index in [1.165, 1.54) is 23.9 Å². The first-order valence-corrected chi connectivity index (χ1v) is 7.14. The van der Waals surface area contributed by atoms with Crippen molar-refractivity contribution in [2.75, 3.05) is 4.72 Å². The molecule has 0 saturated carbocycles. The molecule has 0 bridgehead atoms. The van der Waals surface area contributed by atoms with Crippen molar-refractivity contribution >= 4 is 21.8 Å². The molecule has 0 atom stereocenters. The largest absolute Gasteiger partial charge is 0.477 e. The fourth-order valence-corrected chi connectivity index (χ4v) is 2.76. The van der Waals surface area contributed by atoms with Gasteiger partial charge >= 0.3 is 5.97 Å². The zero-order valence-electron chi connectivity index (χ0n) is 10.9. The Bertz CT molecular complexity index is 765. The van der Waals surface area contributed by atoms with Gasteiger partial charge < -0.3 is 9.67 Å². The highest BCUT2D eigenvalue weighted by Gasteiger charge is 2.20. The van der Waals surface area contributed by atoms with Crippen molar-refractivity contribution in [2.24, 2.45) is 7.05 Å². The summed E-state index contributed by atoms with van der Waals surface area (Å²) in [4.78, 5) is 14.8. The second-order valence-electron chi connectivity index (χ2n) is 4.25. The fraction of sp³-hybridized carbons (Fsp3) is 0.167. The minimum Gasteiger partial charge on any atom is -0.477 e. The van der Waals surface area contributed by atoms with E-state index >= 15 is 0 Å². The number of rotatable bonds is 4. The number of hydrogen-bond acceptors (Lipinski definition) is 4. The number of pyridine rings is 1. The van der Waals surface area contributed by atoms with E-state index in [0.29, 0.717) is 5.69 Å². The Hall–Kier alpha value is -2.35. The molecule has 2 aromatic heterocycles. The Balaban J connectivity index is 2.36. The van der Waals surface area contributed by atoms with Crippen LogP contribution in [-0.4, -0.2) is 29.0 Å². The average Bonchev–Trinajstić information content (AvgIpc) is 2.71. The fourth-order valence-electron chi connectivity index (χ4n) is 1.69. The van der Waals surface area contributed by atoms with Crippen LogP contribution in [0.1, 0.15) is 16.2 Å². The van der Waals surface area contributed by atoms with Gasteiger partial charge in [0, 0.05) is 18.9 Å². The Morgan fingerprint density at radius 3 is 2.65 bits per heavy atom. The predicted octanol–water partition coefficient (Wildman–Crippen LogP) is 1.23. The summed E-state index contributed by atoms with van der Waals surface area (Å²) < 4.78 is 27.8. The lowest BCUT2D eigenvalue weighted by molar-refractivity contribution is 0.0686. The standard InChI is InChI=1S/C12H13N3O4S/c1-8-4-3-5-11(13-8)14-20(18,19)9-6-10(12(16)17)15(2)7-9/h3-7H,1-2H3,(H,13,14)(H,16,17). The molecule has 0 unspecified atom stereocenters. The van der Waals surface area contributed by atoms with Crippen molar-refractivity contribution in [3.63, 3.8) is 0 Å². The normalized spacial score (nSPS) is 11.3. The smallest absolute Gasteiger partial charge is 0.352 e. The summed E-state index contributed by atoms with van der Waals surface area (Å²) in [5.41, 5.74) is 0.562. The Morgan fingerprint density at radius 1 is 1.40 bits per heavy atom. The Labute approximate surface area is 115 Å². The molecular weight excluding hydrogens is 282 g/mol. The SMILES string of the molecule is Cc1cccc(NS(=O)(=O)c2cc(C(=O)O)n(C)c2)n1. The van der Waals surface area contributed by atoms with E-state index in [4.69, 9.17) is 5.11 Å². The van der Waals surface area contributed by atoms with Crippen molar-refractivity contribution in [1.29, 1.82) is 0 Å². The number of anilines is 1. The highest BCUT2D eigenvalue weighted by atomic mass is 32.2. The third kappa shape index (κ3) is 2.80. The minimum atomic E-state index is -3.86. The van der Waals surface area contributed by atoms with Crippen LogP contribution in [-0.2, 0) is 17.1 Å². The number of aryl methyl sites for hydroxylation is 2. The highest BCUT2D eigenvalue weighted by Crippen LogP contribution is 2.17. The molecule has 0 radical (unpaired) electrons. The molecule has 0 fully saturated rings. The highest BCUT2D eigenvalue weighted by molar-refractivity contribution is 7.92. The van der Waals surface area contributed by atoms with E-state index in [1.54, 1.807) is 19.1 Å². The second kappa shape index (κ2) is 4.97. The first kappa shape index (κ1) is 14.1. The maximum absolute atomic E-state index is 12.1. The van der Waals surface area contributed by atoms with Gasteiger partial charge in [0.2, 0.25) is 0 Å². The van der Waals surface area contributed by atoms with Gasteiger partial charge in [-0.3, -0.25) is 4.72 Å². The maximum atomic E-state index is 12.1. The van der Waals surface area contributed by atoms with Crippen LogP contribution < -0.4 is 4.72 Å². The summed E-state index contributed by atoms with van der Waals surface area (Å²) in [6.45, 7) is 1.74. The summed E-state index contributed by atoms with van der Waals surface area (Å²) >= 11 is 0. The average molecular weight is 295 g/mol. The van der Waals surface area contributed by atoms with Crippen LogP contribution in [0, 0.1) is 6.92 Å². The minimum absolute atomic E-state index is 0.109. The van der Waals surface area contributed by atoms with Crippen molar-refractivity contribution in [2.45, 2.75) is 11.8 Å². The molecule has 0 saturated heterocycles. The molecule has 8 heteroatoms. The molecule has 0 aliphatic rings. The van der Waals surface area contributed by atoms with Gasteiger partial charge in [0.25, 0.3) is 10.0 Å². The number of hydrogen-bond donors (Lipinski definition) is 2. The molecule has 2 rings (SSSR count). The van der Waals surface area contributed by atoms with Crippen LogP contribution in [0.3, 0.4) is 0 Å². The van der Waals surface area contributed by atoms with Crippen molar-refractivity contribution < 1.29 is 18.3 Å². The van der Waals surface area contributed by atoms with Gasteiger partial charge in [-0.2, -0.15) is 0 Å². The van der Waals surface area contributed by atoms with Crippen LogP contribution in [0.2, 0.25) is 0 Å². The molecule has 0 spiro atoms. The lowest BCUT2D eigenvalue weighted by Gasteiger charge is -2.05. The van der Waals surface area contributed by atoms with Gasteiger partial charge in [0.05, 0.1) is 0 Å². The predicted molar refractivity (Wildman–Crippen MR) is 72.2 cm³/mol. The van der Waals surface area contributed by atoms with E-state index in [9.17, 15) is 13.2 Å². The molecule has 2 heterocycles. The van der Waals surface area contributed by atoms with E-state index in [0.717, 1.165) is 6.07 Å². The molecule has 0 aliphatic heterocycles. The number of nitrogens with zero attached hydrogens (tertiary/aromatic N) is 2. The Kier molecular flexibility index (Phi) is 3.49. The van der Waals surface area contributed by atoms with Gasteiger partial charge in [0.15, 0.2) is 0 Å². The van der Waals surface area contributed by atoms with Crippen LogP contribution in [0.15, 0.2) is 35.4 Å². The maximum Gasteiger partial charge on any atom is 0.352 e. The quantitative estimate of drug-likeness (QED) is 0.883. The zero-order chi connectivity index (χ0) is 14.9. The zero-order valence-corrected chi connectivity index (χ0v) is 11.7. The number of carboxylic acid groups (broad SMARTS) is 1. The number of carboxylic acids is 1. The summed E-state index contributed by atoms with van der Waals surface area (Å²) in [5, 5.41) is 8.92. The second-order valence-corrected chi connectivity index (χ2v) is 5.93. The molecule has 2 aromatic rings. The summed E-state index contributed by atoms with van der Waals surface area (Å²) in [6.07, 6.45) is 1.24. The summed E-state index contributed by atoms with van der Waals surface area (Å²) in [5.74, 6) is -1.01. The van der Waals surface area contributed by atoms with E-state index in [1.807, 2.05) is 0 Å². The molecule has 0 aliphatic carbocycles. The topological polar surface area (TPSA) is 101 Å². The van der Waals surface area contributed by atoms with E-state index in [-0.39, 0.29) is 16.4 Å². The van der Waals surface area contributed by atoms with Crippen molar-refractivity contribution in [1.82, 2.24) is 9.55 Å². The monoisotopic (exact) mass is 295 g/mol. The van der Waals surface area contributed by atoms with Gasteiger partial charge in [0.1, 0.15) is 16.4 Å². The third-order valence-corrected chi connectivity index (χ3v) is 3.96. The number of aromatic carboxylic acids is 1. The van der Waals surface area contributed by atoms with Crippen LogP contribution >= 0.6 is 0 Å². The number of carbonyl (C=O) groups is 1. The first-order valence-electron chi connectivity index (χ1n) is 5.66. The van der Waals surface area contributed by atoms with Gasteiger partial charge in [-0.15, -0.1) is 0 Å². The Morgan fingerprint density at radius 2 is 2.10 bits per heavy atom. The van der Waals surface area contributed by atoms with Gasteiger partial charge in [-0.05, 0) is 25.1 Å². The summed E-state index contributed by atoms with van der Waals surface area (Å²) in [7, 11) is -2.40. The van der Waals surface area contributed by atoms with Crippen LogP contribution in [0.25, 0.3) is 0 Å². The third-order valence-electron chi connectivity index (χ3n) is 2.64. The van der Waals surface area contributed by atoms with Crippen LogP contribution in [0.5, 0.6) is 0 Å². The summed E-state index contributed by atoms with van der Waals surface area (Å²) in [6, 6.07) is 6.03. The molecule has 0 aromatic carbocycles. The molecule has 2 N–H and O–H groups in total. The van der Waals surface area contributed by atoms with Crippen LogP contribution in [0.4, 0.5) is 5.82 Å². The molecule has 0 amide bonds. The molecule has 20 heavy (non-hydrogen) atoms. The lowest BCUT2D eigenvalue weighted by atomic mass is 10.4. The van der Waals surface area contributed by atoms with Gasteiger partial charge in [-0.25, -0.2) is 18.2 Å². The molecule has 106 valence electrons. The first-order chi connectivity index (χ1) is 9.29.